The van der Waals surface area contributed by atoms with Crippen molar-refractivity contribution in [2.45, 2.75) is 11.8 Å². The largest absolute Gasteiger partial charge is 0.389 e. The maximum absolute atomic E-state index is 12.3. The van der Waals surface area contributed by atoms with E-state index in [0.29, 0.717) is 10.6 Å². The van der Waals surface area contributed by atoms with Crippen molar-refractivity contribution in [1.82, 2.24) is 10.2 Å². The first kappa shape index (κ1) is 15.1. The Morgan fingerprint density at radius 3 is 2.70 bits per heavy atom. The summed E-state index contributed by atoms with van der Waals surface area (Å²) in [6, 6.07) is 4.30. The molecule has 1 heterocycles. The highest BCUT2D eigenvalue weighted by Gasteiger charge is 2.20. The monoisotopic (exact) mass is 348 g/mol. The highest BCUT2D eigenvalue weighted by Crippen LogP contribution is 2.26. The predicted molar refractivity (Wildman–Crippen MR) is 82.8 cm³/mol. The summed E-state index contributed by atoms with van der Waals surface area (Å²) < 4.78 is 26.8. The molecule has 0 aliphatic heterocycles. The van der Waals surface area contributed by atoms with Gasteiger partial charge in [-0.25, -0.2) is 8.42 Å². The van der Waals surface area contributed by atoms with Crippen LogP contribution in [0.4, 0.5) is 5.13 Å². The number of rotatable bonds is 4. The smallest absolute Gasteiger partial charge is 0.265 e. The van der Waals surface area contributed by atoms with Crippen LogP contribution in [0.3, 0.4) is 0 Å². The van der Waals surface area contributed by atoms with Gasteiger partial charge in [0.15, 0.2) is 0 Å². The quantitative estimate of drug-likeness (QED) is 0.819. The number of sulfonamides is 1. The van der Waals surface area contributed by atoms with Gasteiger partial charge in [0.05, 0.1) is 5.02 Å². The molecule has 0 saturated heterocycles. The lowest BCUT2D eigenvalue weighted by Gasteiger charge is -2.08. The van der Waals surface area contributed by atoms with Crippen molar-refractivity contribution < 1.29 is 8.42 Å². The fourth-order valence-corrected chi connectivity index (χ4v) is 3.85. The molecule has 20 heavy (non-hydrogen) atoms. The molecular weight excluding hydrogens is 340 g/mol. The van der Waals surface area contributed by atoms with E-state index in [1.807, 2.05) is 0 Å². The second-order valence-electron chi connectivity index (χ2n) is 3.74. The SMILES string of the molecule is Cc1nnc(NS(=O)(=O)c2cc(C(N)=S)ccc2Cl)s1. The van der Waals surface area contributed by atoms with E-state index in [-0.39, 0.29) is 20.0 Å². The third-order valence-corrected chi connectivity index (χ3v) is 5.19. The molecule has 0 aliphatic rings. The fourth-order valence-electron chi connectivity index (χ4n) is 1.37. The normalized spacial score (nSPS) is 11.3. The predicted octanol–water partition coefficient (Wildman–Crippen LogP) is 1.93. The third kappa shape index (κ3) is 3.23. The second kappa shape index (κ2) is 5.60. The van der Waals surface area contributed by atoms with Gasteiger partial charge < -0.3 is 5.73 Å². The van der Waals surface area contributed by atoms with E-state index >= 15 is 0 Å². The fraction of sp³-hybridized carbons (Fsp3) is 0.100. The van der Waals surface area contributed by atoms with Gasteiger partial charge in [0.2, 0.25) is 5.13 Å². The average Bonchev–Trinajstić information content (AvgIpc) is 2.73. The molecule has 2 aromatic rings. The zero-order chi connectivity index (χ0) is 14.9. The van der Waals surface area contributed by atoms with Crippen molar-refractivity contribution in [3.05, 3.63) is 33.8 Å². The highest BCUT2D eigenvalue weighted by molar-refractivity contribution is 7.93. The third-order valence-electron chi connectivity index (χ3n) is 2.25. The molecule has 106 valence electrons. The molecule has 0 atom stereocenters. The van der Waals surface area contributed by atoms with Gasteiger partial charge >= 0.3 is 0 Å². The lowest BCUT2D eigenvalue weighted by molar-refractivity contribution is 0.601. The lowest BCUT2D eigenvalue weighted by atomic mass is 10.2. The molecule has 2 rings (SSSR count). The second-order valence-corrected chi connectivity index (χ2v) is 7.42. The van der Waals surface area contributed by atoms with Crippen LogP contribution in [0.15, 0.2) is 23.1 Å². The zero-order valence-electron chi connectivity index (χ0n) is 10.1. The van der Waals surface area contributed by atoms with Crippen LogP contribution in [-0.2, 0) is 10.0 Å². The van der Waals surface area contributed by atoms with Crippen molar-refractivity contribution in [1.29, 1.82) is 0 Å². The van der Waals surface area contributed by atoms with E-state index in [9.17, 15) is 8.42 Å². The number of aromatic nitrogens is 2. The summed E-state index contributed by atoms with van der Waals surface area (Å²) in [7, 11) is -3.88. The molecule has 0 amide bonds. The van der Waals surface area contributed by atoms with Crippen LogP contribution in [0.5, 0.6) is 0 Å². The van der Waals surface area contributed by atoms with Crippen LogP contribution in [0.2, 0.25) is 5.02 Å². The van der Waals surface area contributed by atoms with E-state index in [4.69, 9.17) is 29.6 Å². The van der Waals surface area contributed by atoms with Crippen molar-refractivity contribution in [2.24, 2.45) is 5.73 Å². The molecule has 0 bridgehead atoms. The van der Waals surface area contributed by atoms with Gasteiger partial charge in [0, 0.05) is 5.56 Å². The Bertz CT molecular complexity index is 773. The van der Waals surface area contributed by atoms with E-state index in [1.54, 1.807) is 13.0 Å². The van der Waals surface area contributed by atoms with Crippen molar-refractivity contribution in [3.63, 3.8) is 0 Å². The van der Waals surface area contributed by atoms with Crippen LogP contribution >= 0.6 is 35.2 Å². The van der Waals surface area contributed by atoms with E-state index in [2.05, 4.69) is 14.9 Å². The first-order chi connectivity index (χ1) is 9.29. The zero-order valence-corrected chi connectivity index (χ0v) is 13.3. The number of hydrogen-bond acceptors (Lipinski definition) is 6. The van der Waals surface area contributed by atoms with Gasteiger partial charge in [-0.1, -0.05) is 41.2 Å². The Morgan fingerprint density at radius 1 is 1.45 bits per heavy atom. The number of nitrogens with zero attached hydrogens (tertiary/aromatic N) is 2. The summed E-state index contributed by atoms with van der Waals surface area (Å²) in [6.45, 7) is 1.72. The van der Waals surface area contributed by atoms with E-state index in [1.165, 1.54) is 12.1 Å². The average molecular weight is 349 g/mol. The first-order valence-electron chi connectivity index (χ1n) is 5.22. The van der Waals surface area contributed by atoms with Crippen LogP contribution in [-0.4, -0.2) is 23.6 Å². The van der Waals surface area contributed by atoms with Crippen LogP contribution in [0, 0.1) is 6.92 Å². The van der Waals surface area contributed by atoms with E-state index < -0.39 is 10.0 Å². The minimum atomic E-state index is -3.88. The minimum absolute atomic E-state index is 0.0683. The molecule has 1 aromatic heterocycles. The minimum Gasteiger partial charge on any atom is -0.389 e. The van der Waals surface area contributed by atoms with E-state index in [0.717, 1.165) is 11.3 Å². The number of nitrogens with one attached hydrogen (secondary N) is 1. The Balaban J connectivity index is 2.43. The van der Waals surface area contributed by atoms with Crippen LogP contribution in [0.1, 0.15) is 10.6 Å². The molecule has 0 unspecified atom stereocenters. The van der Waals surface area contributed by atoms with Crippen LogP contribution in [0.25, 0.3) is 0 Å². The van der Waals surface area contributed by atoms with Gasteiger partial charge in [0.1, 0.15) is 14.9 Å². The van der Waals surface area contributed by atoms with Gasteiger partial charge in [-0.15, -0.1) is 10.2 Å². The number of halogens is 1. The molecule has 0 spiro atoms. The number of nitrogens with two attached hydrogens (primary N) is 1. The Labute approximate surface area is 130 Å². The Hall–Kier alpha value is -1.29. The van der Waals surface area contributed by atoms with Gasteiger partial charge in [-0.05, 0) is 19.1 Å². The van der Waals surface area contributed by atoms with Gasteiger partial charge in [0.25, 0.3) is 10.0 Å². The van der Waals surface area contributed by atoms with Crippen molar-refractivity contribution in [2.75, 3.05) is 4.72 Å². The number of aryl methyl sites for hydroxylation is 1. The summed E-state index contributed by atoms with van der Waals surface area (Å²) in [6.07, 6.45) is 0. The highest BCUT2D eigenvalue weighted by atomic mass is 35.5. The molecule has 0 saturated carbocycles. The molecular formula is C10H9ClN4O2S3. The maximum Gasteiger partial charge on any atom is 0.265 e. The maximum atomic E-state index is 12.3. The molecule has 0 fully saturated rings. The summed E-state index contributed by atoms with van der Waals surface area (Å²) in [5, 5.41) is 8.31. The van der Waals surface area contributed by atoms with Gasteiger partial charge in [-0.3, -0.25) is 4.72 Å². The summed E-state index contributed by atoms with van der Waals surface area (Å²) in [4.78, 5) is -0.0257. The number of thiocarbonyl (C=S) groups is 1. The molecule has 6 nitrogen and oxygen atoms in total. The molecule has 0 radical (unpaired) electrons. The van der Waals surface area contributed by atoms with Crippen molar-refractivity contribution in [3.8, 4) is 0 Å². The van der Waals surface area contributed by atoms with Crippen molar-refractivity contribution >= 4 is 55.3 Å². The molecule has 0 aliphatic carbocycles. The molecule has 10 heteroatoms. The standard InChI is InChI=1S/C10H9ClN4O2S3/c1-5-13-14-10(19-5)15-20(16,17)8-4-6(9(12)18)2-3-7(8)11/h2-4H,1H3,(H2,12,18)(H,14,15). The Morgan fingerprint density at radius 2 is 2.15 bits per heavy atom. The number of hydrogen-bond donors (Lipinski definition) is 2. The number of anilines is 1. The number of benzene rings is 1. The summed E-state index contributed by atoms with van der Waals surface area (Å²) in [5.41, 5.74) is 5.90. The van der Waals surface area contributed by atoms with Gasteiger partial charge in [-0.2, -0.15) is 0 Å². The van der Waals surface area contributed by atoms with Crippen LogP contribution < -0.4 is 10.5 Å². The molecule has 1 aromatic carbocycles. The Kier molecular flexibility index (Phi) is 4.23. The lowest BCUT2D eigenvalue weighted by Crippen LogP contribution is -2.15. The first-order valence-corrected chi connectivity index (χ1v) is 8.30. The topological polar surface area (TPSA) is 98.0 Å². The summed E-state index contributed by atoms with van der Waals surface area (Å²) in [5.74, 6) is 0. The molecule has 3 N–H and O–H groups in total. The summed E-state index contributed by atoms with van der Waals surface area (Å²) >= 11 is 11.9.